The van der Waals surface area contributed by atoms with E-state index in [1.165, 1.54) is 37.0 Å². The zero-order valence-electron chi connectivity index (χ0n) is 13.0. The molecule has 0 bridgehead atoms. The highest BCUT2D eigenvalue weighted by Gasteiger charge is 2.20. The second-order valence-electron chi connectivity index (χ2n) is 5.96. The standard InChI is InChI=1S/C18H22N2OS/c1-13-16(17(21)20-15-11-7-2-3-8-12-15)22-18(19-13)14-9-5-4-6-10-14/h4-6,9-10,15H,2-3,7-8,11-12H2,1H3,(H,20,21). The molecule has 2 aromatic rings. The molecule has 0 spiro atoms. The number of hydrogen-bond acceptors (Lipinski definition) is 3. The summed E-state index contributed by atoms with van der Waals surface area (Å²) in [6.45, 7) is 1.92. The zero-order valence-corrected chi connectivity index (χ0v) is 13.8. The van der Waals surface area contributed by atoms with Crippen molar-refractivity contribution in [3.05, 3.63) is 40.9 Å². The Morgan fingerprint density at radius 1 is 1.14 bits per heavy atom. The summed E-state index contributed by atoms with van der Waals surface area (Å²) < 4.78 is 0. The lowest BCUT2D eigenvalue weighted by molar-refractivity contribution is 0.0936. The first kappa shape index (κ1) is 15.2. The van der Waals surface area contributed by atoms with E-state index in [9.17, 15) is 4.79 Å². The van der Waals surface area contributed by atoms with Gasteiger partial charge in [0.25, 0.3) is 5.91 Å². The number of amides is 1. The second kappa shape index (κ2) is 7.05. The Kier molecular flexibility index (Phi) is 4.88. The Morgan fingerprint density at radius 2 is 1.82 bits per heavy atom. The maximum absolute atomic E-state index is 12.5. The summed E-state index contributed by atoms with van der Waals surface area (Å²) in [6.07, 6.45) is 7.25. The smallest absolute Gasteiger partial charge is 0.263 e. The number of carbonyl (C=O) groups is 1. The number of rotatable bonds is 3. The first-order valence-electron chi connectivity index (χ1n) is 8.08. The molecule has 0 atom stereocenters. The molecule has 3 nitrogen and oxygen atoms in total. The van der Waals surface area contributed by atoms with Gasteiger partial charge < -0.3 is 5.32 Å². The van der Waals surface area contributed by atoms with Gasteiger partial charge in [-0.15, -0.1) is 11.3 Å². The third-order valence-electron chi connectivity index (χ3n) is 4.21. The van der Waals surface area contributed by atoms with Crippen LogP contribution in [0, 0.1) is 6.92 Å². The average Bonchev–Trinajstić information content (AvgIpc) is 2.75. The average molecular weight is 314 g/mol. The Morgan fingerprint density at radius 3 is 2.50 bits per heavy atom. The monoisotopic (exact) mass is 314 g/mol. The Balaban J connectivity index is 1.74. The molecule has 116 valence electrons. The quantitative estimate of drug-likeness (QED) is 0.843. The summed E-state index contributed by atoms with van der Waals surface area (Å²) in [7, 11) is 0. The molecule has 0 unspecified atom stereocenters. The zero-order chi connectivity index (χ0) is 15.4. The van der Waals surface area contributed by atoms with Gasteiger partial charge in [-0.05, 0) is 19.8 Å². The van der Waals surface area contributed by atoms with E-state index in [0.717, 1.165) is 34.0 Å². The maximum Gasteiger partial charge on any atom is 0.263 e. The van der Waals surface area contributed by atoms with Crippen LogP contribution in [0.3, 0.4) is 0 Å². The fourth-order valence-corrected chi connectivity index (χ4v) is 3.96. The number of nitrogens with one attached hydrogen (secondary N) is 1. The number of nitrogens with zero attached hydrogens (tertiary/aromatic N) is 1. The molecule has 1 aliphatic carbocycles. The molecule has 3 rings (SSSR count). The fourth-order valence-electron chi connectivity index (χ4n) is 2.99. The van der Waals surface area contributed by atoms with Crippen LogP contribution in [-0.2, 0) is 0 Å². The third-order valence-corrected chi connectivity index (χ3v) is 5.42. The van der Waals surface area contributed by atoms with Crippen LogP contribution in [0.15, 0.2) is 30.3 Å². The van der Waals surface area contributed by atoms with Gasteiger partial charge in [-0.2, -0.15) is 0 Å². The van der Waals surface area contributed by atoms with Gasteiger partial charge in [0.2, 0.25) is 0 Å². The van der Waals surface area contributed by atoms with E-state index >= 15 is 0 Å². The number of benzene rings is 1. The van der Waals surface area contributed by atoms with Crippen molar-refractivity contribution in [1.82, 2.24) is 10.3 Å². The van der Waals surface area contributed by atoms with Crippen LogP contribution in [-0.4, -0.2) is 16.9 Å². The van der Waals surface area contributed by atoms with Crippen molar-refractivity contribution >= 4 is 17.2 Å². The molecule has 1 amide bonds. The molecular formula is C18H22N2OS. The van der Waals surface area contributed by atoms with E-state index in [2.05, 4.69) is 10.3 Å². The summed E-state index contributed by atoms with van der Waals surface area (Å²) in [5, 5.41) is 4.13. The van der Waals surface area contributed by atoms with Gasteiger partial charge in [0.05, 0.1) is 5.69 Å². The molecule has 1 aliphatic rings. The summed E-state index contributed by atoms with van der Waals surface area (Å²) >= 11 is 1.49. The first-order chi connectivity index (χ1) is 10.7. The summed E-state index contributed by atoms with van der Waals surface area (Å²) in [5.41, 5.74) is 1.90. The SMILES string of the molecule is Cc1nc(-c2ccccc2)sc1C(=O)NC1CCCCCC1. The molecule has 1 fully saturated rings. The number of carbonyl (C=O) groups excluding carboxylic acids is 1. The minimum Gasteiger partial charge on any atom is -0.349 e. The highest BCUT2D eigenvalue weighted by Crippen LogP contribution is 2.28. The van der Waals surface area contributed by atoms with Crippen LogP contribution in [0.2, 0.25) is 0 Å². The molecule has 1 heterocycles. The lowest BCUT2D eigenvalue weighted by atomic mass is 10.1. The highest BCUT2D eigenvalue weighted by atomic mass is 32.1. The van der Waals surface area contributed by atoms with Crippen molar-refractivity contribution in [2.45, 2.75) is 51.5 Å². The second-order valence-corrected chi connectivity index (χ2v) is 6.96. The highest BCUT2D eigenvalue weighted by molar-refractivity contribution is 7.17. The van der Waals surface area contributed by atoms with Gasteiger partial charge in [-0.25, -0.2) is 4.98 Å². The lowest BCUT2D eigenvalue weighted by Crippen LogP contribution is -2.34. The molecule has 1 saturated carbocycles. The number of hydrogen-bond donors (Lipinski definition) is 1. The first-order valence-corrected chi connectivity index (χ1v) is 8.89. The van der Waals surface area contributed by atoms with Crippen LogP contribution in [0.25, 0.3) is 10.6 Å². The largest absolute Gasteiger partial charge is 0.349 e. The molecule has 0 saturated heterocycles. The minimum atomic E-state index is 0.0454. The van der Waals surface area contributed by atoms with Gasteiger partial charge in [-0.1, -0.05) is 56.0 Å². The molecule has 1 aromatic carbocycles. The molecule has 0 radical (unpaired) electrons. The van der Waals surface area contributed by atoms with Gasteiger partial charge in [0, 0.05) is 11.6 Å². The normalized spacial score (nSPS) is 16.2. The van der Waals surface area contributed by atoms with E-state index in [4.69, 9.17) is 0 Å². The molecular weight excluding hydrogens is 292 g/mol. The van der Waals surface area contributed by atoms with Gasteiger partial charge in [-0.3, -0.25) is 4.79 Å². The van der Waals surface area contributed by atoms with E-state index in [0.29, 0.717) is 6.04 Å². The lowest BCUT2D eigenvalue weighted by Gasteiger charge is -2.15. The van der Waals surface area contributed by atoms with Crippen LogP contribution < -0.4 is 5.32 Å². The van der Waals surface area contributed by atoms with E-state index < -0.39 is 0 Å². The summed E-state index contributed by atoms with van der Waals surface area (Å²) in [4.78, 5) is 17.9. The molecule has 22 heavy (non-hydrogen) atoms. The van der Waals surface area contributed by atoms with Crippen molar-refractivity contribution in [2.75, 3.05) is 0 Å². The third kappa shape index (κ3) is 3.55. The van der Waals surface area contributed by atoms with Crippen molar-refractivity contribution < 1.29 is 4.79 Å². The Labute approximate surface area is 135 Å². The topological polar surface area (TPSA) is 42.0 Å². The van der Waals surface area contributed by atoms with Crippen molar-refractivity contribution in [3.8, 4) is 10.6 Å². The van der Waals surface area contributed by atoms with Gasteiger partial charge >= 0.3 is 0 Å². The van der Waals surface area contributed by atoms with E-state index in [-0.39, 0.29) is 5.91 Å². The summed E-state index contributed by atoms with van der Waals surface area (Å²) in [6, 6.07) is 10.4. The van der Waals surface area contributed by atoms with Crippen LogP contribution in [0.5, 0.6) is 0 Å². The minimum absolute atomic E-state index is 0.0454. The van der Waals surface area contributed by atoms with Crippen LogP contribution >= 0.6 is 11.3 Å². The van der Waals surface area contributed by atoms with Gasteiger partial charge in [0.1, 0.15) is 9.88 Å². The Bertz CT molecular complexity index is 628. The number of aromatic nitrogens is 1. The van der Waals surface area contributed by atoms with Crippen LogP contribution in [0.4, 0.5) is 0 Å². The van der Waals surface area contributed by atoms with Crippen molar-refractivity contribution in [2.24, 2.45) is 0 Å². The Hall–Kier alpha value is -1.68. The van der Waals surface area contributed by atoms with Crippen molar-refractivity contribution in [1.29, 1.82) is 0 Å². The number of thiazole rings is 1. The molecule has 1 aromatic heterocycles. The van der Waals surface area contributed by atoms with Gasteiger partial charge in [0.15, 0.2) is 0 Å². The summed E-state index contributed by atoms with van der Waals surface area (Å²) in [5.74, 6) is 0.0454. The molecule has 0 aliphatic heterocycles. The predicted octanol–water partition coefficient (Wildman–Crippen LogP) is 4.57. The number of aryl methyl sites for hydroxylation is 1. The van der Waals surface area contributed by atoms with E-state index in [1.54, 1.807) is 0 Å². The van der Waals surface area contributed by atoms with Crippen molar-refractivity contribution in [3.63, 3.8) is 0 Å². The fraction of sp³-hybridized carbons (Fsp3) is 0.444. The van der Waals surface area contributed by atoms with Crippen LogP contribution in [0.1, 0.15) is 53.9 Å². The molecule has 1 N–H and O–H groups in total. The maximum atomic E-state index is 12.5. The molecule has 4 heteroatoms. The van der Waals surface area contributed by atoms with E-state index in [1.807, 2.05) is 37.3 Å². The predicted molar refractivity (Wildman–Crippen MR) is 91.2 cm³/mol.